The average Bonchev–Trinajstić information content (AvgIpc) is 2.87. The van der Waals surface area contributed by atoms with Crippen molar-refractivity contribution in [3.8, 4) is 0 Å². The van der Waals surface area contributed by atoms with Gasteiger partial charge in [0.15, 0.2) is 0 Å². The van der Waals surface area contributed by atoms with Crippen molar-refractivity contribution in [1.82, 2.24) is 5.32 Å². The first-order valence-corrected chi connectivity index (χ1v) is 6.45. The molecule has 0 aliphatic carbocycles. The minimum Gasteiger partial charge on any atom is -0.475 e. The van der Waals surface area contributed by atoms with Crippen LogP contribution in [0.5, 0.6) is 0 Å². The van der Waals surface area contributed by atoms with E-state index in [9.17, 15) is 4.79 Å². The number of aromatic carboxylic acids is 1. The summed E-state index contributed by atoms with van der Waals surface area (Å²) in [7, 11) is 0. The molecule has 2 heterocycles. The van der Waals surface area contributed by atoms with Crippen LogP contribution in [-0.2, 0) is 6.54 Å². The Kier molecular flexibility index (Phi) is 3.90. The van der Waals surface area contributed by atoms with Gasteiger partial charge in [-0.2, -0.15) is 11.8 Å². The molecule has 0 bridgehead atoms. The number of hydrogen-bond acceptors (Lipinski definition) is 4. The van der Waals surface area contributed by atoms with Crippen LogP contribution >= 0.6 is 11.8 Å². The molecule has 1 unspecified atom stereocenters. The Morgan fingerprint density at radius 2 is 2.50 bits per heavy atom. The number of furan rings is 1. The van der Waals surface area contributed by atoms with Crippen LogP contribution in [-0.4, -0.2) is 28.6 Å². The Hall–Kier alpha value is -0.940. The van der Waals surface area contributed by atoms with Gasteiger partial charge in [-0.1, -0.05) is 0 Å². The standard InChI is InChI=1S/C11H15NO3S/c13-11(14)10-4-3-8(15-10)6-12-7-9-2-1-5-16-9/h3-4,9,12H,1-2,5-7H2,(H,13,14). The monoisotopic (exact) mass is 241 g/mol. The van der Waals surface area contributed by atoms with Gasteiger partial charge < -0.3 is 14.8 Å². The van der Waals surface area contributed by atoms with E-state index in [4.69, 9.17) is 9.52 Å². The van der Waals surface area contributed by atoms with Crippen molar-refractivity contribution < 1.29 is 14.3 Å². The molecule has 5 heteroatoms. The lowest BCUT2D eigenvalue weighted by molar-refractivity contribution is 0.0660. The molecular formula is C11H15NO3S. The Balaban J connectivity index is 1.74. The molecule has 2 rings (SSSR count). The molecule has 2 N–H and O–H groups in total. The number of carboxylic acid groups (broad SMARTS) is 1. The number of thioether (sulfide) groups is 1. The molecular weight excluding hydrogens is 226 g/mol. The summed E-state index contributed by atoms with van der Waals surface area (Å²) in [5.74, 6) is 0.932. The Labute approximate surface area is 98.4 Å². The van der Waals surface area contributed by atoms with Gasteiger partial charge in [-0.15, -0.1) is 0 Å². The van der Waals surface area contributed by atoms with Crippen molar-refractivity contribution in [3.63, 3.8) is 0 Å². The average molecular weight is 241 g/mol. The van der Waals surface area contributed by atoms with Crippen LogP contribution in [0.15, 0.2) is 16.5 Å². The van der Waals surface area contributed by atoms with Gasteiger partial charge in [0, 0.05) is 11.8 Å². The first-order valence-electron chi connectivity index (χ1n) is 5.40. The summed E-state index contributed by atoms with van der Waals surface area (Å²) >= 11 is 2.00. The minimum absolute atomic E-state index is 0.00652. The second kappa shape index (κ2) is 5.41. The summed E-state index contributed by atoms with van der Waals surface area (Å²) in [5.41, 5.74) is 0. The summed E-state index contributed by atoms with van der Waals surface area (Å²) in [6.45, 7) is 1.57. The number of carbonyl (C=O) groups is 1. The van der Waals surface area contributed by atoms with Crippen molar-refractivity contribution in [2.45, 2.75) is 24.6 Å². The fraction of sp³-hybridized carbons (Fsp3) is 0.545. The lowest BCUT2D eigenvalue weighted by Gasteiger charge is -2.08. The molecule has 88 valence electrons. The highest BCUT2D eigenvalue weighted by atomic mass is 32.2. The highest BCUT2D eigenvalue weighted by Gasteiger charge is 2.15. The molecule has 1 aromatic heterocycles. The lowest BCUT2D eigenvalue weighted by atomic mass is 10.2. The van der Waals surface area contributed by atoms with Gasteiger partial charge in [0.05, 0.1) is 6.54 Å². The van der Waals surface area contributed by atoms with Gasteiger partial charge in [-0.3, -0.25) is 0 Å². The minimum atomic E-state index is -1.02. The topological polar surface area (TPSA) is 62.5 Å². The van der Waals surface area contributed by atoms with Gasteiger partial charge in [0.1, 0.15) is 5.76 Å². The smallest absolute Gasteiger partial charge is 0.371 e. The maximum absolute atomic E-state index is 10.6. The van der Waals surface area contributed by atoms with E-state index < -0.39 is 5.97 Å². The van der Waals surface area contributed by atoms with Crippen molar-refractivity contribution in [2.24, 2.45) is 0 Å². The van der Waals surface area contributed by atoms with Crippen LogP contribution in [0.3, 0.4) is 0 Å². The molecule has 1 atom stereocenters. The molecule has 1 aliphatic rings. The molecule has 0 amide bonds. The fourth-order valence-corrected chi connectivity index (χ4v) is 2.99. The highest BCUT2D eigenvalue weighted by molar-refractivity contribution is 8.00. The van der Waals surface area contributed by atoms with Crippen molar-refractivity contribution in [1.29, 1.82) is 0 Å². The van der Waals surface area contributed by atoms with E-state index in [1.165, 1.54) is 24.7 Å². The summed E-state index contributed by atoms with van der Waals surface area (Å²) < 4.78 is 5.14. The number of hydrogen-bond donors (Lipinski definition) is 2. The number of rotatable bonds is 5. The molecule has 1 aliphatic heterocycles. The first-order chi connectivity index (χ1) is 7.75. The Bertz CT molecular complexity index is 358. The maximum atomic E-state index is 10.6. The van der Waals surface area contributed by atoms with Gasteiger partial charge in [0.2, 0.25) is 5.76 Å². The molecule has 1 saturated heterocycles. The maximum Gasteiger partial charge on any atom is 0.371 e. The van der Waals surface area contributed by atoms with Crippen LogP contribution < -0.4 is 5.32 Å². The number of nitrogens with one attached hydrogen (secondary N) is 1. The Morgan fingerprint density at radius 3 is 3.12 bits per heavy atom. The summed E-state index contributed by atoms with van der Waals surface area (Å²) in [6, 6.07) is 3.20. The van der Waals surface area contributed by atoms with Gasteiger partial charge in [-0.05, 0) is 30.7 Å². The molecule has 4 nitrogen and oxygen atoms in total. The predicted octanol–water partition coefficient (Wildman–Crippen LogP) is 1.96. The zero-order valence-electron chi connectivity index (χ0n) is 8.94. The zero-order valence-corrected chi connectivity index (χ0v) is 9.76. The van der Waals surface area contributed by atoms with Gasteiger partial charge in [-0.25, -0.2) is 4.79 Å². The lowest BCUT2D eigenvalue weighted by Crippen LogP contribution is -2.22. The van der Waals surface area contributed by atoms with Gasteiger partial charge >= 0.3 is 5.97 Å². The van der Waals surface area contributed by atoms with E-state index in [0.717, 1.165) is 6.54 Å². The largest absolute Gasteiger partial charge is 0.475 e. The fourth-order valence-electron chi connectivity index (χ4n) is 1.75. The van der Waals surface area contributed by atoms with Crippen LogP contribution in [0.2, 0.25) is 0 Å². The van der Waals surface area contributed by atoms with Crippen LogP contribution in [0.25, 0.3) is 0 Å². The number of carboxylic acids is 1. The third-order valence-corrected chi connectivity index (χ3v) is 3.97. The van der Waals surface area contributed by atoms with Crippen LogP contribution in [0.1, 0.15) is 29.2 Å². The van der Waals surface area contributed by atoms with Crippen LogP contribution in [0.4, 0.5) is 0 Å². The van der Waals surface area contributed by atoms with E-state index in [0.29, 0.717) is 17.6 Å². The molecule has 1 fully saturated rings. The van der Waals surface area contributed by atoms with E-state index in [-0.39, 0.29) is 5.76 Å². The van der Waals surface area contributed by atoms with E-state index >= 15 is 0 Å². The second-order valence-corrected chi connectivity index (χ2v) is 5.25. The third kappa shape index (κ3) is 3.02. The SMILES string of the molecule is O=C(O)c1ccc(CNCC2CCCS2)o1. The van der Waals surface area contributed by atoms with E-state index in [2.05, 4.69) is 5.32 Å². The second-order valence-electron chi connectivity index (χ2n) is 3.84. The van der Waals surface area contributed by atoms with Crippen molar-refractivity contribution in [2.75, 3.05) is 12.3 Å². The Morgan fingerprint density at radius 1 is 1.62 bits per heavy atom. The zero-order chi connectivity index (χ0) is 11.4. The summed E-state index contributed by atoms with van der Waals surface area (Å²) in [4.78, 5) is 10.6. The van der Waals surface area contributed by atoms with E-state index in [1.54, 1.807) is 6.07 Å². The molecule has 0 saturated carbocycles. The highest BCUT2D eigenvalue weighted by Crippen LogP contribution is 2.25. The van der Waals surface area contributed by atoms with E-state index in [1.807, 2.05) is 11.8 Å². The molecule has 16 heavy (non-hydrogen) atoms. The van der Waals surface area contributed by atoms with Crippen molar-refractivity contribution in [3.05, 3.63) is 23.7 Å². The molecule has 1 aromatic rings. The normalized spacial score (nSPS) is 20.1. The summed E-state index contributed by atoms with van der Waals surface area (Å²) in [6.07, 6.45) is 2.58. The third-order valence-electron chi connectivity index (χ3n) is 2.57. The first kappa shape index (κ1) is 11.5. The summed E-state index contributed by atoms with van der Waals surface area (Å²) in [5, 5.41) is 12.7. The predicted molar refractivity (Wildman–Crippen MR) is 62.9 cm³/mol. The molecule has 0 aromatic carbocycles. The van der Waals surface area contributed by atoms with Crippen LogP contribution in [0, 0.1) is 0 Å². The van der Waals surface area contributed by atoms with Gasteiger partial charge in [0.25, 0.3) is 0 Å². The van der Waals surface area contributed by atoms with Crippen molar-refractivity contribution >= 4 is 17.7 Å². The quantitative estimate of drug-likeness (QED) is 0.825. The molecule has 0 radical (unpaired) electrons. The molecule has 0 spiro atoms.